The van der Waals surface area contributed by atoms with Gasteiger partial charge in [-0.2, -0.15) is 0 Å². The van der Waals surface area contributed by atoms with Crippen molar-refractivity contribution in [1.29, 1.82) is 0 Å². The molecule has 2 aromatic rings. The minimum Gasteiger partial charge on any atom is -0.494 e. The summed E-state index contributed by atoms with van der Waals surface area (Å²) >= 11 is 0. The molecule has 0 aromatic heterocycles. The summed E-state index contributed by atoms with van der Waals surface area (Å²) in [5.74, 6) is 0.694. The first-order valence-electron chi connectivity index (χ1n) is 7.92. The van der Waals surface area contributed by atoms with Crippen molar-refractivity contribution in [2.75, 3.05) is 13.2 Å². The van der Waals surface area contributed by atoms with Crippen molar-refractivity contribution in [3.63, 3.8) is 0 Å². The zero-order valence-corrected chi connectivity index (χ0v) is 14.1. The molecule has 130 valence electrons. The Morgan fingerprint density at radius 1 is 1.12 bits per heavy atom. The van der Waals surface area contributed by atoms with Crippen molar-refractivity contribution < 1.29 is 19.2 Å². The van der Waals surface area contributed by atoms with Gasteiger partial charge in [0.1, 0.15) is 11.5 Å². The third-order valence-corrected chi connectivity index (χ3v) is 3.38. The molecule has 6 nitrogen and oxygen atoms in total. The smallest absolute Gasteiger partial charge is 0.276 e. The van der Waals surface area contributed by atoms with E-state index in [1.54, 1.807) is 36.4 Å². The Morgan fingerprint density at radius 3 is 2.52 bits per heavy atom. The van der Waals surface area contributed by atoms with Gasteiger partial charge in [0, 0.05) is 6.07 Å². The number of nitro groups is 1. The summed E-state index contributed by atoms with van der Waals surface area (Å²) in [6.45, 7) is 4.58. The molecule has 0 N–H and O–H groups in total. The van der Waals surface area contributed by atoms with Gasteiger partial charge in [-0.15, -0.1) is 0 Å². The maximum absolute atomic E-state index is 12.6. The van der Waals surface area contributed by atoms with E-state index in [2.05, 4.69) is 0 Å². The fraction of sp³-hybridized carbons (Fsp3) is 0.211. The lowest BCUT2D eigenvalue weighted by molar-refractivity contribution is -0.385. The summed E-state index contributed by atoms with van der Waals surface area (Å²) in [4.78, 5) is 23.1. The second-order valence-corrected chi connectivity index (χ2v) is 5.04. The van der Waals surface area contributed by atoms with Gasteiger partial charge in [0.05, 0.1) is 29.3 Å². The number of carbonyl (C=O) groups is 1. The Hall–Kier alpha value is -3.15. The van der Waals surface area contributed by atoms with Crippen LogP contribution in [0.15, 0.2) is 48.5 Å². The van der Waals surface area contributed by atoms with E-state index in [-0.39, 0.29) is 11.5 Å². The first-order chi connectivity index (χ1) is 12.1. The molecule has 0 saturated carbocycles. The van der Waals surface area contributed by atoms with Crippen LogP contribution in [0.3, 0.4) is 0 Å². The number of hydrogen-bond donors (Lipinski definition) is 0. The molecule has 0 spiro atoms. The van der Waals surface area contributed by atoms with Gasteiger partial charge in [-0.25, -0.2) is 0 Å². The van der Waals surface area contributed by atoms with Crippen LogP contribution in [0.2, 0.25) is 0 Å². The van der Waals surface area contributed by atoms with Crippen molar-refractivity contribution in [1.82, 2.24) is 0 Å². The molecule has 2 aromatic carbocycles. The van der Waals surface area contributed by atoms with Crippen LogP contribution in [0, 0.1) is 10.1 Å². The summed E-state index contributed by atoms with van der Waals surface area (Å²) in [6, 6.07) is 11.3. The predicted molar refractivity (Wildman–Crippen MR) is 95.2 cm³/mol. The maximum Gasteiger partial charge on any atom is 0.276 e. The van der Waals surface area contributed by atoms with Crippen LogP contribution in [-0.2, 0) is 0 Å². The predicted octanol–water partition coefficient (Wildman–Crippen LogP) is 4.29. The minimum absolute atomic E-state index is 0.0559. The molecule has 0 heterocycles. The van der Waals surface area contributed by atoms with E-state index in [4.69, 9.17) is 9.47 Å². The Labute approximate surface area is 145 Å². The molecule has 0 aliphatic carbocycles. The van der Waals surface area contributed by atoms with Gasteiger partial charge in [0.15, 0.2) is 5.78 Å². The quantitative estimate of drug-likeness (QED) is 0.310. The Bertz CT molecular complexity index is 798. The zero-order valence-electron chi connectivity index (χ0n) is 14.1. The highest BCUT2D eigenvalue weighted by Crippen LogP contribution is 2.26. The molecule has 0 saturated heterocycles. The largest absolute Gasteiger partial charge is 0.494 e. The lowest BCUT2D eigenvalue weighted by atomic mass is 10.1. The zero-order chi connectivity index (χ0) is 18.2. The molecule has 6 heteroatoms. The van der Waals surface area contributed by atoms with Crippen LogP contribution in [0.4, 0.5) is 5.69 Å². The third-order valence-electron chi connectivity index (χ3n) is 3.38. The monoisotopic (exact) mass is 341 g/mol. The van der Waals surface area contributed by atoms with Crippen molar-refractivity contribution in [3.05, 3.63) is 69.8 Å². The SMILES string of the molecule is CCOc1ccc(OCC)c(C(=O)/C=C/c2ccccc2[N+](=O)[O-])c1. The fourth-order valence-electron chi connectivity index (χ4n) is 2.29. The molecular weight excluding hydrogens is 322 g/mol. The van der Waals surface area contributed by atoms with Gasteiger partial charge < -0.3 is 9.47 Å². The molecule has 0 amide bonds. The average Bonchev–Trinajstić information content (AvgIpc) is 2.61. The topological polar surface area (TPSA) is 78.7 Å². The second-order valence-electron chi connectivity index (χ2n) is 5.04. The Balaban J connectivity index is 2.34. The maximum atomic E-state index is 12.6. The normalized spacial score (nSPS) is 10.6. The van der Waals surface area contributed by atoms with Gasteiger partial charge in [0.25, 0.3) is 5.69 Å². The molecule has 25 heavy (non-hydrogen) atoms. The average molecular weight is 341 g/mol. The second kappa shape index (κ2) is 8.63. The van der Waals surface area contributed by atoms with Crippen molar-refractivity contribution in [2.45, 2.75) is 13.8 Å². The van der Waals surface area contributed by atoms with Gasteiger partial charge in [-0.3, -0.25) is 14.9 Å². The van der Waals surface area contributed by atoms with E-state index >= 15 is 0 Å². The van der Waals surface area contributed by atoms with E-state index in [9.17, 15) is 14.9 Å². The summed E-state index contributed by atoms with van der Waals surface area (Å²) in [6.07, 6.45) is 2.74. The molecule has 0 radical (unpaired) electrons. The third kappa shape index (κ3) is 4.67. The Kier molecular flexibility index (Phi) is 6.28. The number of carbonyl (C=O) groups excluding carboxylic acids is 1. The summed E-state index contributed by atoms with van der Waals surface area (Å²) < 4.78 is 10.9. The summed E-state index contributed by atoms with van der Waals surface area (Å²) in [5, 5.41) is 11.0. The highest BCUT2D eigenvalue weighted by atomic mass is 16.6. The Morgan fingerprint density at radius 2 is 1.84 bits per heavy atom. The van der Waals surface area contributed by atoms with Gasteiger partial charge in [-0.05, 0) is 50.3 Å². The lowest BCUT2D eigenvalue weighted by Gasteiger charge is -2.10. The van der Waals surface area contributed by atoms with E-state index in [1.807, 2.05) is 13.8 Å². The first kappa shape index (κ1) is 18.2. The van der Waals surface area contributed by atoms with Crippen molar-refractivity contribution >= 4 is 17.5 Å². The standard InChI is InChI=1S/C19H19NO5/c1-3-24-15-10-12-19(25-4-2)16(13-15)18(21)11-9-14-7-5-6-8-17(14)20(22)23/h5-13H,3-4H2,1-2H3/b11-9+. The molecule has 2 rings (SSSR count). The number of benzene rings is 2. The number of para-hydroxylation sites is 1. The summed E-state index contributed by atoms with van der Waals surface area (Å²) in [5.41, 5.74) is 0.655. The lowest BCUT2D eigenvalue weighted by Crippen LogP contribution is -2.03. The molecule has 0 fully saturated rings. The van der Waals surface area contributed by atoms with Crippen molar-refractivity contribution in [3.8, 4) is 11.5 Å². The number of rotatable bonds is 8. The molecule has 0 aliphatic heterocycles. The van der Waals surface area contributed by atoms with Crippen LogP contribution in [0.1, 0.15) is 29.8 Å². The summed E-state index contributed by atoms with van der Waals surface area (Å²) in [7, 11) is 0. The number of ether oxygens (including phenoxy) is 2. The van der Waals surface area contributed by atoms with Crippen LogP contribution in [0.25, 0.3) is 6.08 Å². The molecule has 0 atom stereocenters. The van der Waals surface area contributed by atoms with Crippen LogP contribution in [0.5, 0.6) is 11.5 Å². The minimum atomic E-state index is -0.481. The number of nitro benzene ring substituents is 1. The highest BCUT2D eigenvalue weighted by Gasteiger charge is 2.14. The van der Waals surface area contributed by atoms with E-state index in [0.717, 1.165) is 0 Å². The number of nitrogens with zero attached hydrogens (tertiary/aromatic N) is 1. The van der Waals surface area contributed by atoms with Crippen LogP contribution < -0.4 is 9.47 Å². The number of hydrogen-bond acceptors (Lipinski definition) is 5. The van der Waals surface area contributed by atoms with Crippen LogP contribution in [-0.4, -0.2) is 23.9 Å². The van der Waals surface area contributed by atoms with Crippen LogP contribution >= 0.6 is 0 Å². The highest BCUT2D eigenvalue weighted by molar-refractivity contribution is 6.09. The first-order valence-corrected chi connectivity index (χ1v) is 7.92. The fourth-order valence-corrected chi connectivity index (χ4v) is 2.29. The van der Waals surface area contributed by atoms with E-state index < -0.39 is 4.92 Å². The van der Waals surface area contributed by atoms with Crippen molar-refractivity contribution in [2.24, 2.45) is 0 Å². The molecular formula is C19H19NO5. The number of ketones is 1. The molecule has 0 bridgehead atoms. The molecule has 0 aliphatic rings. The van der Waals surface area contributed by atoms with Gasteiger partial charge >= 0.3 is 0 Å². The number of allylic oxidation sites excluding steroid dienone is 1. The van der Waals surface area contributed by atoms with Gasteiger partial charge in [0.2, 0.25) is 0 Å². The van der Waals surface area contributed by atoms with Gasteiger partial charge in [-0.1, -0.05) is 12.1 Å². The molecule has 0 unspecified atom stereocenters. The van der Waals surface area contributed by atoms with E-state index in [1.165, 1.54) is 18.2 Å². The van der Waals surface area contributed by atoms with E-state index in [0.29, 0.717) is 35.8 Å².